The van der Waals surface area contributed by atoms with Gasteiger partial charge in [0.05, 0.1) is 26.9 Å². The fourth-order valence-corrected chi connectivity index (χ4v) is 2.19. The SMILES string of the molecule is COc1ccc(NC(=O)c2cccc(NCC(O)CO)c2)cc1OC. The highest BCUT2D eigenvalue weighted by atomic mass is 16.5. The second-order valence-electron chi connectivity index (χ2n) is 5.32. The fourth-order valence-electron chi connectivity index (χ4n) is 2.19. The van der Waals surface area contributed by atoms with E-state index in [0.29, 0.717) is 28.4 Å². The van der Waals surface area contributed by atoms with Crippen LogP contribution in [0.15, 0.2) is 42.5 Å². The Morgan fingerprint density at radius 2 is 1.84 bits per heavy atom. The second kappa shape index (κ2) is 8.91. The quantitative estimate of drug-likeness (QED) is 0.581. The van der Waals surface area contributed by atoms with Crippen LogP contribution in [0, 0.1) is 0 Å². The second-order valence-corrected chi connectivity index (χ2v) is 5.32. The number of hydrogen-bond acceptors (Lipinski definition) is 6. The molecule has 4 N–H and O–H groups in total. The molecule has 0 bridgehead atoms. The summed E-state index contributed by atoms with van der Waals surface area (Å²) in [5.41, 5.74) is 1.71. The highest BCUT2D eigenvalue weighted by molar-refractivity contribution is 6.04. The Hall–Kier alpha value is -2.77. The van der Waals surface area contributed by atoms with Gasteiger partial charge in [-0.1, -0.05) is 6.07 Å². The Balaban J connectivity index is 2.08. The van der Waals surface area contributed by atoms with E-state index in [4.69, 9.17) is 14.6 Å². The number of carbonyl (C=O) groups excluding carboxylic acids is 1. The predicted octanol–water partition coefficient (Wildman–Crippen LogP) is 1.72. The minimum Gasteiger partial charge on any atom is -0.493 e. The van der Waals surface area contributed by atoms with Gasteiger partial charge in [-0.2, -0.15) is 0 Å². The minimum atomic E-state index is -0.857. The van der Waals surface area contributed by atoms with E-state index in [2.05, 4.69) is 10.6 Å². The first kappa shape index (κ1) is 18.6. The summed E-state index contributed by atoms with van der Waals surface area (Å²) in [7, 11) is 3.07. The van der Waals surface area contributed by atoms with Gasteiger partial charge in [-0.15, -0.1) is 0 Å². The molecule has 0 saturated carbocycles. The average molecular weight is 346 g/mol. The van der Waals surface area contributed by atoms with E-state index < -0.39 is 6.10 Å². The van der Waals surface area contributed by atoms with Gasteiger partial charge >= 0.3 is 0 Å². The molecule has 2 rings (SSSR count). The highest BCUT2D eigenvalue weighted by Gasteiger charge is 2.10. The number of benzene rings is 2. The molecule has 1 amide bonds. The van der Waals surface area contributed by atoms with Gasteiger partial charge in [-0.3, -0.25) is 4.79 Å². The zero-order valence-corrected chi connectivity index (χ0v) is 14.2. The zero-order valence-electron chi connectivity index (χ0n) is 14.2. The van der Waals surface area contributed by atoms with E-state index in [0.717, 1.165) is 0 Å². The van der Waals surface area contributed by atoms with Gasteiger partial charge in [-0.25, -0.2) is 0 Å². The van der Waals surface area contributed by atoms with Crippen molar-refractivity contribution in [3.8, 4) is 11.5 Å². The zero-order chi connectivity index (χ0) is 18.2. The van der Waals surface area contributed by atoms with Crippen LogP contribution >= 0.6 is 0 Å². The third-order valence-electron chi connectivity index (χ3n) is 3.52. The van der Waals surface area contributed by atoms with Gasteiger partial charge in [0.1, 0.15) is 0 Å². The van der Waals surface area contributed by atoms with Crippen molar-refractivity contribution in [2.45, 2.75) is 6.10 Å². The van der Waals surface area contributed by atoms with Gasteiger partial charge in [0.2, 0.25) is 0 Å². The smallest absolute Gasteiger partial charge is 0.255 e. The summed E-state index contributed by atoms with van der Waals surface area (Å²) in [6.07, 6.45) is -0.857. The summed E-state index contributed by atoms with van der Waals surface area (Å²) in [4.78, 5) is 12.4. The molecule has 2 aromatic carbocycles. The molecular weight excluding hydrogens is 324 g/mol. The fraction of sp³-hybridized carbons (Fsp3) is 0.278. The van der Waals surface area contributed by atoms with E-state index >= 15 is 0 Å². The van der Waals surface area contributed by atoms with E-state index in [9.17, 15) is 9.90 Å². The number of hydrogen-bond donors (Lipinski definition) is 4. The standard InChI is InChI=1S/C18H22N2O5/c1-24-16-7-6-14(9-17(16)25-2)20-18(23)12-4-3-5-13(8-12)19-10-15(22)11-21/h3-9,15,19,21-22H,10-11H2,1-2H3,(H,20,23). The summed E-state index contributed by atoms with van der Waals surface area (Å²) in [5, 5.41) is 24.0. The number of rotatable bonds is 8. The molecule has 1 atom stereocenters. The van der Waals surface area contributed by atoms with Crippen LogP contribution in [0.2, 0.25) is 0 Å². The third-order valence-corrected chi connectivity index (χ3v) is 3.52. The molecule has 0 spiro atoms. The van der Waals surface area contributed by atoms with Crippen LogP contribution in [-0.4, -0.2) is 49.6 Å². The van der Waals surface area contributed by atoms with Crippen molar-refractivity contribution in [2.75, 3.05) is 38.0 Å². The normalized spacial score (nSPS) is 11.5. The molecule has 0 fully saturated rings. The highest BCUT2D eigenvalue weighted by Crippen LogP contribution is 2.30. The summed E-state index contributed by atoms with van der Waals surface area (Å²) in [6.45, 7) is -0.135. The Bertz CT molecular complexity index is 720. The summed E-state index contributed by atoms with van der Waals surface area (Å²) in [6, 6.07) is 12.0. The maximum absolute atomic E-state index is 12.4. The number of aliphatic hydroxyl groups is 2. The Morgan fingerprint density at radius 1 is 1.08 bits per heavy atom. The number of nitrogens with one attached hydrogen (secondary N) is 2. The van der Waals surface area contributed by atoms with Gasteiger partial charge in [0, 0.05) is 29.5 Å². The molecule has 0 aromatic heterocycles. The molecule has 0 saturated heterocycles. The molecule has 7 nitrogen and oxygen atoms in total. The largest absolute Gasteiger partial charge is 0.493 e. The van der Waals surface area contributed by atoms with Crippen molar-refractivity contribution in [2.24, 2.45) is 0 Å². The van der Waals surface area contributed by atoms with Crippen molar-refractivity contribution >= 4 is 17.3 Å². The Labute approximate surface area is 146 Å². The molecule has 0 aliphatic carbocycles. The van der Waals surface area contributed by atoms with Crippen LogP contribution in [-0.2, 0) is 0 Å². The number of anilines is 2. The number of amides is 1. The lowest BCUT2D eigenvalue weighted by atomic mass is 10.1. The lowest BCUT2D eigenvalue weighted by molar-refractivity contribution is 0.102. The lowest BCUT2D eigenvalue weighted by Gasteiger charge is -2.12. The van der Waals surface area contributed by atoms with Crippen LogP contribution in [0.5, 0.6) is 11.5 Å². The van der Waals surface area contributed by atoms with Crippen molar-refractivity contribution in [3.05, 3.63) is 48.0 Å². The summed E-state index contributed by atoms with van der Waals surface area (Å²) in [5.74, 6) is 0.821. The summed E-state index contributed by atoms with van der Waals surface area (Å²) >= 11 is 0. The van der Waals surface area contributed by atoms with Crippen molar-refractivity contribution in [1.29, 1.82) is 0 Å². The molecule has 2 aromatic rings. The maximum Gasteiger partial charge on any atom is 0.255 e. The molecule has 7 heteroatoms. The number of aliphatic hydroxyl groups excluding tert-OH is 2. The van der Waals surface area contributed by atoms with E-state index in [1.807, 2.05) is 0 Å². The monoisotopic (exact) mass is 346 g/mol. The summed E-state index contributed by atoms with van der Waals surface area (Å²) < 4.78 is 10.4. The van der Waals surface area contributed by atoms with Crippen LogP contribution in [0.1, 0.15) is 10.4 Å². The molecule has 1 unspecified atom stereocenters. The van der Waals surface area contributed by atoms with Crippen molar-refractivity contribution < 1.29 is 24.5 Å². The topological polar surface area (TPSA) is 100 Å². The average Bonchev–Trinajstić information content (AvgIpc) is 2.66. The third kappa shape index (κ3) is 5.10. The molecule has 134 valence electrons. The molecule has 0 heterocycles. The first-order valence-electron chi connectivity index (χ1n) is 7.73. The number of ether oxygens (including phenoxy) is 2. The molecule has 25 heavy (non-hydrogen) atoms. The number of methoxy groups -OCH3 is 2. The van der Waals surface area contributed by atoms with Crippen LogP contribution in [0.3, 0.4) is 0 Å². The lowest BCUT2D eigenvalue weighted by Crippen LogP contribution is -2.23. The minimum absolute atomic E-state index is 0.192. The molecule has 0 radical (unpaired) electrons. The predicted molar refractivity (Wildman–Crippen MR) is 95.5 cm³/mol. The van der Waals surface area contributed by atoms with Gasteiger partial charge < -0.3 is 30.3 Å². The van der Waals surface area contributed by atoms with Gasteiger partial charge in [-0.05, 0) is 30.3 Å². The molecule has 0 aliphatic heterocycles. The van der Waals surface area contributed by atoms with Crippen molar-refractivity contribution in [3.63, 3.8) is 0 Å². The van der Waals surface area contributed by atoms with Gasteiger partial charge in [0.25, 0.3) is 5.91 Å². The Morgan fingerprint density at radius 3 is 2.52 bits per heavy atom. The Kier molecular flexibility index (Phi) is 6.62. The molecule has 0 aliphatic rings. The number of carbonyl (C=O) groups is 1. The first-order chi connectivity index (χ1) is 12.1. The molecular formula is C18H22N2O5. The van der Waals surface area contributed by atoms with E-state index in [1.165, 1.54) is 7.11 Å². The van der Waals surface area contributed by atoms with Crippen LogP contribution in [0.4, 0.5) is 11.4 Å². The van der Waals surface area contributed by atoms with E-state index in [-0.39, 0.29) is 19.1 Å². The van der Waals surface area contributed by atoms with Gasteiger partial charge in [0.15, 0.2) is 11.5 Å². The maximum atomic E-state index is 12.4. The van der Waals surface area contributed by atoms with Crippen LogP contribution in [0.25, 0.3) is 0 Å². The first-order valence-corrected chi connectivity index (χ1v) is 7.73. The van der Waals surface area contributed by atoms with Crippen LogP contribution < -0.4 is 20.1 Å². The van der Waals surface area contributed by atoms with Crippen molar-refractivity contribution in [1.82, 2.24) is 0 Å². The van der Waals surface area contributed by atoms with E-state index in [1.54, 1.807) is 49.6 Å².